The van der Waals surface area contributed by atoms with Crippen molar-refractivity contribution in [2.24, 2.45) is 0 Å². The van der Waals surface area contributed by atoms with Gasteiger partial charge in [-0.05, 0) is 18.1 Å². The standard InChI is InChI=1S/C8H8BrF/c9-6-7-4-2-1-3-5-8(7)10/h1-3,5H,4,6H2. The molecule has 0 bridgehead atoms. The Labute approximate surface area is 68.3 Å². The van der Waals surface area contributed by atoms with Crippen LogP contribution in [-0.4, -0.2) is 5.33 Å². The molecule has 0 heterocycles. The lowest BCUT2D eigenvalue weighted by molar-refractivity contribution is 0.652. The van der Waals surface area contributed by atoms with Gasteiger partial charge in [0.25, 0.3) is 0 Å². The molecule has 0 aromatic carbocycles. The van der Waals surface area contributed by atoms with Crippen LogP contribution < -0.4 is 0 Å². The summed E-state index contributed by atoms with van der Waals surface area (Å²) in [5.41, 5.74) is 0.810. The number of allylic oxidation sites excluding steroid dienone is 6. The maximum absolute atomic E-state index is 12.8. The van der Waals surface area contributed by atoms with Gasteiger partial charge in [0.1, 0.15) is 5.83 Å². The first-order valence-corrected chi connectivity index (χ1v) is 4.23. The van der Waals surface area contributed by atoms with E-state index in [1.807, 2.05) is 12.2 Å². The number of halogens is 2. The van der Waals surface area contributed by atoms with Crippen LogP contribution in [0, 0.1) is 0 Å². The fraction of sp³-hybridized carbons (Fsp3) is 0.250. The molecule has 0 amide bonds. The first kappa shape index (κ1) is 7.73. The second-order valence-electron chi connectivity index (χ2n) is 2.08. The third-order valence-corrected chi connectivity index (χ3v) is 2.03. The Morgan fingerprint density at radius 2 is 2.30 bits per heavy atom. The van der Waals surface area contributed by atoms with Crippen LogP contribution in [0.2, 0.25) is 0 Å². The topological polar surface area (TPSA) is 0 Å². The number of rotatable bonds is 1. The highest BCUT2D eigenvalue weighted by molar-refractivity contribution is 9.09. The first-order chi connectivity index (χ1) is 4.84. The normalized spacial score (nSPS) is 17.8. The van der Waals surface area contributed by atoms with E-state index in [1.165, 1.54) is 6.08 Å². The Hall–Kier alpha value is -0.370. The summed E-state index contributed by atoms with van der Waals surface area (Å²) in [4.78, 5) is 0. The van der Waals surface area contributed by atoms with E-state index in [2.05, 4.69) is 15.9 Å². The summed E-state index contributed by atoms with van der Waals surface area (Å²) < 4.78 is 12.8. The average molecular weight is 203 g/mol. The molecule has 0 fully saturated rings. The van der Waals surface area contributed by atoms with E-state index in [-0.39, 0.29) is 5.83 Å². The molecule has 10 heavy (non-hydrogen) atoms. The molecule has 0 aromatic heterocycles. The average Bonchev–Trinajstić information content (AvgIpc) is 2.13. The highest BCUT2D eigenvalue weighted by atomic mass is 79.9. The summed E-state index contributed by atoms with van der Waals surface area (Å²) in [5.74, 6) is -0.109. The van der Waals surface area contributed by atoms with E-state index in [0.29, 0.717) is 11.8 Å². The number of hydrogen-bond acceptors (Lipinski definition) is 0. The molecule has 1 aliphatic rings. The van der Waals surface area contributed by atoms with Gasteiger partial charge in [-0.25, -0.2) is 4.39 Å². The van der Waals surface area contributed by atoms with Crippen molar-refractivity contribution in [2.45, 2.75) is 6.42 Å². The van der Waals surface area contributed by atoms with Crippen LogP contribution in [-0.2, 0) is 0 Å². The second-order valence-corrected chi connectivity index (χ2v) is 2.64. The van der Waals surface area contributed by atoms with Crippen LogP contribution in [0.5, 0.6) is 0 Å². The molecule has 0 radical (unpaired) electrons. The van der Waals surface area contributed by atoms with Crippen molar-refractivity contribution in [3.63, 3.8) is 0 Å². The predicted molar refractivity (Wildman–Crippen MR) is 44.8 cm³/mol. The summed E-state index contributed by atoms with van der Waals surface area (Å²) in [6.07, 6.45) is 7.71. The minimum absolute atomic E-state index is 0.109. The van der Waals surface area contributed by atoms with Gasteiger partial charge in [-0.2, -0.15) is 0 Å². The van der Waals surface area contributed by atoms with E-state index in [1.54, 1.807) is 6.08 Å². The Kier molecular flexibility index (Phi) is 2.87. The van der Waals surface area contributed by atoms with Gasteiger partial charge in [-0.3, -0.25) is 0 Å². The summed E-state index contributed by atoms with van der Waals surface area (Å²) in [5, 5.41) is 0.619. The lowest BCUT2D eigenvalue weighted by Crippen LogP contribution is -1.84. The zero-order chi connectivity index (χ0) is 7.40. The molecule has 2 heteroatoms. The maximum Gasteiger partial charge on any atom is 0.123 e. The van der Waals surface area contributed by atoms with E-state index in [4.69, 9.17) is 0 Å². The van der Waals surface area contributed by atoms with E-state index >= 15 is 0 Å². The Morgan fingerprint density at radius 1 is 1.50 bits per heavy atom. The van der Waals surface area contributed by atoms with Crippen LogP contribution in [0.15, 0.2) is 35.7 Å². The van der Waals surface area contributed by atoms with E-state index in [0.717, 1.165) is 5.57 Å². The van der Waals surface area contributed by atoms with Crippen LogP contribution in [0.3, 0.4) is 0 Å². The monoisotopic (exact) mass is 202 g/mol. The first-order valence-electron chi connectivity index (χ1n) is 3.11. The van der Waals surface area contributed by atoms with Crippen LogP contribution >= 0.6 is 15.9 Å². The molecule has 54 valence electrons. The molecule has 1 rings (SSSR count). The summed E-state index contributed by atoms with van der Waals surface area (Å²) >= 11 is 3.22. The van der Waals surface area contributed by atoms with E-state index < -0.39 is 0 Å². The Morgan fingerprint density at radius 3 is 3.00 bits per heavy atom. The molecule has 0 atom stereocenters. The zero-order valence-corrected chi connectivity index (χ0v) is 7.07. The largest absolute Gasteiger partial charge is 0.207 e. The molecule has 0 aromatic rings. The van der Waals surface area contributed by atoms with Crippen LogP contribution in [0.1, 0.15) is 6.42 Å². The fourth-order valence-corrected chi connectivity index (χ4v) is 1.26. The van der Waals surface area contributed by atoms with Gasteiger partial charge < -0.3 is 0 Å². The van der Waals surface area contributed by atoms with Crippen molar-refractivity contribution < 1.29 is 4.39 Å². The smallest absolute Gasteiger partial charge is 0.123 e. The molecular weight excluding hydrogens is 195 g/mol. The van der Waals surface area contributed by atoms with Gasteiger partial charge in [0.2, 0.25) is 0 Å². The zero-order valence-electron chi connectivity index (χ0n) is 5.48. The molecule has 0 aliphatic heterocycles. The lowest BCUT2D eigenvalue weighted by atomic mass is 10.2. The van der Waals surface area contributed by atoms with Gasteiger partial charge in [0, 0.05) is 5.33 Å². The molecule has 1 aliphatic carbocycles. The number of alkyl halides is 1. The maximum atomic E-state index is 12.8. The van der Waals surface area contributed by atoms with Gasteiger partial charge in [0.05, 0.1) is 0 Å². The van der Waals surface area contributed by atoms with Crippen molar-refractivity contribution in [3.8, 4) is 0 Å². The molecule has 0 nitrogen and oxygen atoms in total. The highest BCUT2D eigenvalue weighted by Crippen LogP contribution is 2.17. The quantitative estimate of drug-likeness (QED) is 0.574. The third kappa shape index (κ3) is 1.81. The van der Waals surface area contributed by atoms with Crippen LogP contribution in [0.25, 0.3) is 0 Å². The summed E-state index contributed by atoms with van der Waals surface area (Å²) in [7, 11) is 0. The van der Waals surface area contributed by atoms with Gasteiger partial charge in [0.15, 0.2) is 0 Å². The Bertz CT molecular complexity index is 201. The lowest BCUT2D eigenvalue weighted by Gasteiger charge is -1.96. The van der Waals surface area contributed by atoms with Gasteiger partial charge in [-0.1, -0.05) is 34.2 Å². The van der Waals surface area contributed by atoms with Crippen molar-refractivity contribution in [3.05, 3.63) is 35.7 Å². The minimum atomic E-state index is -0.109. The van der Waals surface area contributed by atoms with E-state index in [9.17, 15) is 4.39 Å². The van der Waals surface area contributed by atoms with Gasteiger partial charge in [-0.15, -0.1) is 0 Å². The molecular formula is C8H8BrF. The van der Waals surface area contributed by atoms with Crippen LogP contribution in [0.4, 0.5) is 4.39 Å². The fourth-order valence-electron chi connectivity index (χ4n) is 0.763. The molecule has 0 spiro atoms. The second kappa shape index (κ2) is 3.71. The highest BCUT2D eigenvalue weighted by Gasteiger charge is 2.01. The molecule has 0 saturated heterocycles. The van der Waals surface area contributed by atoms with Gasteiger partial charge >= 0.3 is 0 Å². The number of hydrogen-bond donors (Lipinski definition) is 0. The molecule has 0 unspecified atom stereocenters. The minimum Gasteiger partial charge on any atom is -0.207 e. The third-order valence-electron chi connectivity index (χ3n) is 1.35. The Balaban J connectivity index is 2.82. The summed E-state index contributed by atoms with van der Waals surface area (Å²) in [6.45, 7) is 0. The SMILES string of the molecule is FC1=C(CBr)CC=CC=C1. The molecule has 0 saturated carbocycles. The van der Waals surface area contributed by atoms with Crippen molar-refractivity contribution in [1.29, 1.82) is 0 Å². The summed E-state index contributed by atoms with van der Waals surface area (Å²) in [6, 6.07) is 0. The molecule has 0 N–H and O–H groups in total. The van der Waals surface area contributed by atoms with Crippen molar-refractivity contribution >= 4 is 15.9 Å². The predicted octanol–water partition coefficient (Wildman–Crippen LogP) is 3.12. The van der Waals surface area contributed by atoms with Crippen molar-refractivity contribution in [1.82, 2.24) is 0 Å². The van der Waals surface area contributed by atoms with Crippen molar-refractivity contribution in [2.75, 3.05) is 5.33 Å².